The molecule has 2 N–H and O–H groups in total. The number of methoxy groups -OCH3 is 1. The Bertz CT molecular complexity index is 421. The summed E-state index contributed by atoms with van der Waals surface area (Å²) in [5, 5.41) is 13.3. The van der Waals surface area contributed by atoms with Gasteiger partial charge in [0.15, 0.2) is 0 Å². The standard InChI is InChI=1S/C16H23NO3/c1-20-16(19)13(12-7-3-2-4-8-12)11-17-14-9-5-6-10-15(14)18/h2-4,7-8,13-15,17-18H,5-6,9-11H2,1H3. The van der Waals surface area contributed by atoms with Crippen molar-refractivity contribution < 1.29 is 14.6 Å². The van der Waals surface area contributed by atoms with E-state index >= 15 is 0 Å². The van der Waals surface area contributed by atoms with E-state index in [4.69, 9.17) is 4.74 Å². The predicted octanol–water partition coefficient (Wildman–Crippen LogP) is 1.84. The van der Waals surface area contributed by atoms with Gasteiger partial charge in [-0.1, -0.05) is 43.2 Å². The minimum atomic E-state index is -0.324. The van der Waals surface area contributed by atoms with Crippen LogP contribution in [0.4, 0.5) is 0 Å². The van der Waals surface area contributed by atoms with Gasteiger partial charge in [0.25, 0.3) is 0 Å². The summed E-state index contributed by atoms with van der Waals surface area (Å²) in [6.07, 6.45) is 3.70. The van der Waals surface area contributed by atoms with E-state index in [0.717, 1.165) is 31.2 Å². The van der Waals surface area contributed by atoms with Gasteiger partial charge in [-0.2, -0.15) is 0 Å². The Morgan fingerprint density at radius 3 is 2.70 bits per heavy atom. The molecule has 0 amide bonds. The summed E-state index contributed by atoms with van der Waals surface area (Å²) in [6.45, 7) is 0.498. The molecule has 0 aromatic heterocycles. The van der Waals surface area contributed by atoms with Crippen molar-refractivity contribution in [2.45, 2.75) is 43.7 Å². The number of rotatable bonds is 5. The van der Waals surface area contributed by atoms with Crippen LogP contribution in [0.15, 0.2) is 30.3 Å². The maximum absolute atomic E-state index is 11.9. The number of ether oxygens (including phenoxy) is 1. The van der Waals surface area contributed by atoms with E-state index in [0.29, 0.717) is 6.54 Å². The van der Waals surface area contributed by atoms with Crippen molar-refractivity contribution in [2.75, 3.05) is 13.7 Å². The molecule has 0 saturated heterocycles. The van der Waals surface area contributed by atoms with Crippen LogP contribution < -0.4 is 5.32 Å². The van der Waals surface area contributed by atoms with Gasteiger partial charge in [0, 0.05) is 12.6 Å². The molecular weight excluding hydrogens is 254 g/mol. The highest BCUT2D eigenvalue weighted by atomic mass is 16.5. The van der Waals surface area contributed by atoms with E-state index in [1.807, 2.05) is 30.3 Å². The number of benzene rings is 1. The Morgan fingerprint density at radius 1 is 1.35 bits per heavy atom. The Balaban J connectivity index is 1.99. The summed E-state index contributed by atoms with van der Waals surface area (Å²) in [4.78, 5) is 11.9. The lowest BCUT2D eigenvalue weighted by Gasteiger charge is -2.29. The lowest BCUT2D eigenvalue weighted by atomic mass is 9.91. The fourth-order valence-corrected chi connectivity index (χ4v) is 2.78. The zero-order valence-electron chi connectivity index (χ0n) is 11.9. The minimum Gasteiger partial charge on any atom is -0.469 e. The van der Waals surface area contributed by atoms with Gasteiger partial charge >= 0.3 is 5.97 Å². The van der Waals surface area contributed by atoms with Gasteiger partial charge in [-0.15, -0.1) is 0 Å². The van der Waals surface area contributed by atoms with Crippen LogP contribution in [0.2, 0.25) is 0 Å². The Kier molecular flexibility index (Phi) is 5.56. The van der Waals surface area contributed by atoms with Gasteiger partial charge in [0.2, 0.25) is 0 Å². The van der Waals surface area contributed by atoms with Crippen LogP contribution >= 0.6 is 0 Å². The number of aliphatic hydroxyl groups excluding tert-OH is 1. The molecule has 0 bridgehead atoms. The summed E-state index contributed by atoms with van der Waals surface area (Å²) in [6, 6.07) is 9.71. The second kappa shape index (κ2) is 7.41. The number of esters is 1. The summed E-state index contributed by atoms with van der Waals surface area (Å²) >= 11 is 0. The van der Waals surface area contributed by atoms with Crippen LogP contribution in [0.5, 0.6) is 0 Å². The lowest BCUT2D eigenvalue weighted by Crippen LogP contribution is -2.44. The van der Waals surface area contributed by atoms with Crippen LogP contribution in [0.3, 0.4) is 0 Å². The Hall–Kier alpha value is -1.39. The van der Waals surface area contributed by atoms with Gasteiger partial charge in [-0.25, -0.2) is 0 Å². The average molecular weight is 277 g/mol. The third-order valence-corrected chi connectivity index (χ3v) is 4.00. The zero-order valence-corrected chi connectivity index (χ0v) is 11.9. The van der Waals surface area contributed by atoms with Crippen LogP contribution in [0, 0.1) is 0 Å². The fraction of sp³-hybridized carbons (Fsp3) is 0.562. The third-order valence-electron chi connectivity index (χ3n) is 4.00. The highest BCUT2D eigenvalue weighted by Crippen LogP contribution is 2.21. The first-order valence-electron chi connectivity index (χ1n) is 7.26. The van der Waals surface area contributed by atoms with E-state index in [1.54, 1.807) is 0 Å². The molecule has 0 aliphatic heterocycles. The number of hydrogen-bond acceptors (Lipinski definition) is 4. The smallest absolute Gasteiger partial charge is 0.314 e. The maximum Gasteiger partial charge on any atom is 0.314 e. The Labute approximate surface area is 120 Å². The molecule has 20 heavy (non-hydrogen) atoms. The molecular formula is C16H23NO3. The molecule has 3 atom stereocenters. The Morgan fingerprint density at radius 2 is 2.05 bits per heavy atom. The first-order valence-corrected chi connectivity index (χ1v) is 7.26. The number of aliphatic hydroxyl groups is 1. The molecule has 1 aromatic rings. The average Bonchev–Trinajstić information content (AvgIpc) is 2.50. The molecule has 2 rings (SSSR count). The lowest BCUT2D eigenvalue weighted by molar-refractivity contribution is -0.142. The topological polar surface area (TPSA) is 58.6 Å². The van der Waals surface area contributed by atoms with Gasteiger partial charge in [0.05, 0.1) is 19.1 Å². The van der Waals surface area contributed by atoms with E-state index < -0.39 is 0 Å². The predicted molar refractivity (Wildman–Crippen MR) is 77.5 cm³/mol. The minimum absolute atomic E-state index is 0.0830. The second-order valence-electron chi connectivity index (χ2n) is 5.35. The second-order valence-corrected chi connectivity index (χ2v) is 5.35. The highest BCUT2D eigenvalue weighted by molar-refractivity contribution is 5.78. The van der Waals surface area contributed by atoms with E-state index in [1.165, 1.54) is 7.11 Å². The largest absolute Gasteiger partial charge is 0.469 e. The van der Waals surface area contributed by atoms with Crippen LogP contribution in [0.25, 0.3) is 0 Å². The first-order chi connectivity index (χ1) is 9.72. The highest BCUT2D eigenvalue weighted by Gasteiger charge is 2.26. The molecule has 110 valence electrons. The summed E-state index contributed by atoms with van der Waals surface area (Å²) in [5.41, 5.74) is 0.942. The molecule has 0 radical (unpaired) electrons. The van der Waals surface area contributed by atoms with Gasteiger partial charge in [-0.3, -0.25) is 4.79 Å². The van der Waals surface area contributed by atoms with Crippen molar-refractivity contribution in [1.29, 1.82) is 0 Å². The number of nitrogens with one attached hydrogen (secondary N) is 1. The van der Waals surface area contributed by atoms with Crippen molar-refractivity contribution in [2.24, 2.45) is 0 Å². The SMILES string of the molecule is COC(=O)C(CNC1CCCCC1O)c1ccccc1. The van der Waals surface area contributed by atoms with E-state index in [9.17, 15) is 9.90 Å². The molecule has 1 fully saturated rings. The van der Waals surface area contributed by atoms with Crippen LogP contribution in [0.1, 0.15) is 37.2 Å². The molecule has 4 heteroatoms. The molecule has 1 aliphatic rings. The van der Waals surface area contributed by atoms with Crippen LogP contribution in [-0.4, -0.2) is 36.9 Å². The van der Waals surface area contributed by atoms with Crippen molar-refractivity contribution >= 4 is 5.97 Å². The maximum atomic E-state index is 11.9. The zero-order chi connectivity index (χ0) is 14.4. The number of hydrogen-bond donors (Lipinski definition) is 2. The molecule has 1 saturated carbocycles. The van der Waals surface area contributed by atoms with E-state index in [2.05, 4.69) is 5.32 Å². The molecule has 1 aliphatic carbocycles. The molecule has 3 unspecified atom stereocenters. The van der Waals surface area contributed by atoms with Crippen molar-refractivity contribution in [3.8, 4) is 0 Å². The van der Waals surface area contributed by atoms with Gasteiger partial charge < -0.3 is 15.2 Å². The molecule has 0 spiro atoms. The van der Waals surface area contributed by atoms with Crippen molar-refractivity contribution in [3.05, 3.63) is 35.9 Å². The normalized spacial score (nSPS) is 24.1. The van der Waals surface area contributed by atoms with Gasteiger partial charge in [-0.05, 0) is 18.4 Å². The summed E-state index contributed by atoms with van der Waals surface area (Å²) in [7, 11) is 1.41. The van der Waals surface area contributed by atoms with Crippen LogP contribution in [-0.2, 0) is 9.53 Å². The summed E-state index contributed by atoms with van der Waals surface area (Å²) in [5.74, 6) is -0.565. The van der Waals surface area contributed by atoms with Crippen molar-refractivity contribution in [1.82, 2.24) is 5.32 Å². The first kappa shape index (κ1) is 15.0. The summed E-state index contributed by atoms with van der Waals surface area (Å²) < 4.78 is 4.89. The fourth-order valence-electron chi connectivity index (χ4n) is 2.78. The van der Waals surface area contributed by atoms with Crippen molar-refractivity contribution in [3.63, 3.8) is 0 Å². The quantitative estimate of drug-likeness (QED) is 0.806. The number of carbonyl (C=O) groups excluding carboxylic acids is 1. The monoisotopic (exact) mass is 277 g/mol. The molecule has 4 nitrogen and oxygen atoms in total. The van der Waals surface area contributed by atoms with Gasteiger partial charge in [0.1, 0.15) is 0 Å². The van der Waals surface area contributed by atoms with E-state index in [-0.39, 0.29) is 24.0 Å². The third kappa shape index (κ3) is 3.81. The molecule has 1 aromatic carbocycles. The number of carbonyl (C=O) groups is 1. The molecule has 0 heterocycles.